The number of pyridine rings is 1. The fourth-order valence-corrected chi connectivity index (χ4v) is 4.01. The van der Waals surface area contributed by atoms with Crippen LogP contribution in [0, 0.1) is 5.82 Å². The number of nitrogens with zero attached hydrogens (tertiary/aromatic N) is 2. The molecule has 1 aromatic carbocycles. The Morgan fingerprint density at radius 3 is 2.50 bits per heavy atom. The third-order valence-electron chi connectivity index (χ3n) is 3.75. The predicted molar refractivity (Wildman–Crippen MR) is 84.3 cm³/mol. The van der Waals surface area contributed by atoms with E-state index >= 15 is 0 Å². The van der Waals surface area contributed by atoms with E-state index in [0.29, 0.717) is 5.56 Å². The van der Waals surface area contributed by atoms with Crippen LogP contribution < -0.4 is 4.74 Å². The smallest absolute Gasteiger partial charge is 0.433 e. The van der Waals surface area contributed by atoms with Gasteiger partial charge in [-0.1, -0.05) is 18.2 Å². The Labute approximate surface area is 147 Å². The summed E-state index contributed by atoms with van der Waals surface area (Å²) in [4.78, 5) is 3.37. The van der Waals surface area contributed by atoms with Gasteiger partial charge in [-0.25, -0.2) is 17.8 Å². The van der Waals surface area contributed by atoms with Gasteiger partial charge >= 0.3 is 6.18 Å². The van der Waals surface area contributed by atoms with Crippen molar-refractivity contribution in [2.24, 2.45) is 0 Å². The number of halogens is 4. The summed E-state index contributed by atoms with van der Waals surface area (Å²) in [5.74, 6) is -1.11. The Morgan fingerprint density at radius 1 is 1.15 bits per heavy atom. The minimum absolute atomic E-state index is 0.00439. The molecule has 0 radical (unpaired) electrons. The molecule has 0 saturated carbocycles. The molecular weight excluding hydrogens is 376 g/mol. The maximum Gasteiger partial charge on any atom is 0.433 e. The third kappa shape index (κ3) is 4.31. The quantitative estimate of drug-likeness (QED) is 0.737. The average Bonchev–Trinajstić information content (AvgIpc) is 2.49. The van der Waals surface area contributed by atoms with E-state index in [1.807, 2.05) is 0 Å². The molecule has 1 aliphatic heterocycles. The van der Waals surface area contributed by atoms with Crippen LogP contribution in [0.2, 0.25) is 0 Å². The summed E-state index contributed by atoms with van der Waals surface area (Å²) in [6.45, 7) is -0.00878. The van der Waals surface area contributed by atoms with Crippen molar-refractivity contribution in [3.05, 3.63) is 59.5 Å². The van der Waals surface area contributed by atoms with Crippen LogP contribution in [0.1, 0.15) is 11.3 Å². The van der Waals surface area contributed by atoms with Crippen LogP contribution in [0.5, 0.6) is 5.88 Å². The molecule has 2 aromatic rings. The SMILES string of the molecule is O=S(=O)(Cc1cccc(F)c1)N1CC(Oc2cccc(C(F)(F)F)n2)C1. The molecule has 10 heteroatoms. The van der Waals surface area contributed by atoms with Crippen LogP contribution in [-0.4, -0.2) is 36.9 Å². The lowest BCUT2D eigenvalue weighted by molar-refractivity contribution is -0.141. The van der Waals surface area contributed by atoms with Crippen molar-refractivity contribution in [1.29, 1.82) is 0 Å². The van der Waals surface area contributed by atoms with Crippen molar-refractivity contribution in [1.82, 2.24) is 9.29 Å². The maximum atomic E-state index is 13.1. The number of rotatable bonds is 5. The van der Waals surface area contributed by atoms with Gasteiger partial charge in [-0.2, -0.15) is 17.5 Å². The summed E-state index contributed by atoms with van der Waals surface area (Å²) >= 11 is 0. The van der Waals surface area contributed by atoms with Crippen molar-refractivity contribution in [2.45, 2.75) is 18.0 Å². The first-order valence-corrected chi connectivity index (χ1v) is 9.17. The van der Waals surface area contributed by atoms with E-state index in [4.69, 9.17) is 4.74 Å². The van der Waals surface area contributed by atoms with Crippen molar-refractivity contribution in [3.63, 3.8) is 0 Å². The summed E-state index contributed by atoms with van der Waals surface area (Å²) < 4.78 is 82.0. The molecule has 1 fully saturated rings. The van der Waals surface area contributed by atoms with E-state index in [2.05, 4.69) is 4.98 Å². The molecule has 1 aliphatic rings. The third-order valence-corrected chi connectivity index (χ3v) is 5.53. The maximum absolute atomic E-state index is 13.1. The predicted octanol–water partition coefficient (Wildman–Crippen LogP) is 2.83. The van der Waals surface area contributed by atoms with E-state index in [1.54, 1.807) is 0 Å². The molecule has 0 aliphatic carbocycles. The Morgan fingerprint density at radius 2 is 1.85 bits per heavy atom. The largest absolute Gasteiger partial charge is 0.472 e. The van der Waals surface area contributed by atoms with Gasteiger partial charge in [-0.05, 0) is 23.8 Å². The highest BCUT2D eigenvalue weighted by Crippen LogP contribution is 2.29. The van der Waals surface area contributed by atoms with Crippen molar-refractivity contribution in [3.8, 4) is 5.88 Å². The second kappa shape index (κ2) is 6.84. The normalized spacial score (nSPS) is 16.3. The van der Waals surface area contributed by atoms with Gasteiger partial charge in [-0.15, -0.1) is 0 Å². The molecule has 0 bridgehead atoms. The Kier molecular flexibility index (Phi) is 4.89. The summed E-state index contributed by atoms with van der Waals surface area (Å²) in [5.41, 5.74) is -0.765. The Bertz CT molecular complexity index is 896. The number of hydrogen-bond acceptors (Lipinski definition) is 4. The number of aromatic nitrogens is 1. The Balaban J connectivity index is 1.58. The molecule has 0 spiro atoms. The second-order valence-corrected chi connectivity index (χ2v) is 7.77. The van der Waals surface area contributed by atoms with Crippen LogP contribution >= 0.6 is 0 Å². The summed E-state index contributed by atoms with van der Waals surface area (Å²) in [6, 6.07) is 8.54. The molecular formula is C16H14F4N2O3S. The van der Waals surface area contributed by atoms with Gasteiger partial charge in [0.15, 0.2) is 0 Å². The highest BCUT2D eigenvalue weighted by Gasteiger charge is 2.38. The second-order valence-electron chi connectivity index (χ2n) is 5.80. The first-order chi connectivity index (χ1) is 12.1. The fraction of sp³-hybridized carbons (Fsp3) is 0.312. The standard InChI is InChI=1S/C16H14F4N2O3S/c17-12-4-1-3-11(7-12)10-26(23,24)22-8-13(9-22)25-15-6-2-5-14(21-15)16(18,19)20/h1-7,13H,8-10H2. The zero-order chi connectivity index (χ0) is 18.9. The van der Waals surface area contributed by atoms with E-state index < -0.39 is 33.8 Å². The molecule has 26 heavy (non-hydrogen) atoms. The molecule has 1 aromatic heterocycles. The van der Waals surface area contributed by atoms with Crippen molar-refractivity contribution in [2.75, 3.05) is 13.1 Å². The Hall–Kier alpha value is -2.20. The lowest BCUT2D eigenvalue weighted by Gasteiger charge is -2.37. The molecule has 0 amide bonds. The van der Waals surface area contributed by atoms with Gasteiger partial charge in [0.1, 0.15) is 17.6 Å². The van der Waals surface area contributed by atoms with Crippen molar-refractivity contribution < 1.29 is 30.7 Å². The average molecular weight is 390 g/mol. The van der Waals surface area contributed by atoms with Gasteiger partial charge in [0.2, 0.25) is 15.9 Å². The minimum atomic E-state index is -4.58. The van der Waals surface area contributed by atoms with Gasteiger partial charge < -0.3 is 4.74 Å². The summed E-state index contributed by atoms with van der Waals surface area (Å²) in [6.07, 6.45) is -5.17. The molecule has 5 nitrogen and oxygen atoms in total. The highest BCUT2D eigenvalue weighted by molar-refractivity contribution is 7.88. The zero-order valence-corrected chi connectivity index (χ0v) is 14.1. The topological polar surface area (TPSA) is 59.5 Å². The zero-order valence-electron chi connectivity index (χ0n) is 13.3. The molecule has 3 rings (SSSR count). The number of alkyl halides is 3. The molecule has 140 valence electrons. The monoisotopic (exact) mass is 390 g/mol. The van der Waals surface area contributed by atoms with E-state index in [9.17, 15) is 26.0 Å². The van der Waals surface area contributed by atoms with Gasteiger partial charge in [0.05, 0.1) is 18.8 Å². The molecule has 0 unspecified atom stereocenters. The summed E-state index contributed by atoms with van der Waals surface area (Å²) in [5, 5.41) is 0. The van der Waals surface area contributed by atoms with Crippen LogP contribution in [0.4, 0.5) is 17.6 Å². The van der Waals surface area contributed by atoms with Crippen LogP contribution in [-0.2, 0) is 22.0 Å². The van der Waals surface area contributed by atoms with Crippen LogP contribution in [0.3, 0.4) is 0 Å². The summed E-state index contributed by atoms with van der Waals surface area (Å²) in [7, 11) is -3.66. The van der Waals surface area contributed by atoms with Crippen LogP contribution in [0.25, 0.3) is 0 Å². The van der Waals surface area contributed by atoms with Gasteiger partial charge in [0.25, 0.3) is 0 Å². The fourth-order valence-electron chi connectivity index (χ4n) is 2.44. The number of sulfonamides is 1. The van der Waals surface area contributed by atoms with E-state index in [-0.39, 0.29) is 24.7 Å². The van der Waals surface area contributed by atoms with Crippen molar-refractivity contribution >= 4 is 10.0 Å². The first-order valence-electron chi connectivity index (χ1n) is 7.57. The van der Waals surface area contributed by atoms with Gasteiger partial charge in [-0.3, -0.25) is 0 Å². The molecule has 2 heterocycles. The minimum Gasteiger partial charge on any atom is -0.472 e. The van der Waals surface area contributed by atoms with Gasteiger partial charge in [0, 0.05) is 6.07 Å². The first kappa shape index (κ1) is 18.6. The molecule has 0 N–H and O–H groups in total. The molecule has 0 atom stereocenters. The lowest BCUT2D eigenvalue weighted by atomic mass is 10.2. The van der Waals surface area contributed by atoms with E-state index in [0.717, 1.165) is 16.4 Å². The van der Waals surface area contributed by atoms with Crippen LogP contribution in [0.15, 0.2) is 42.5 Å². The highest BCUT2D eigenvalue weighted by atomic mass is 32.2. The number of hydrogen-bond donors (Lipinski definition) is 0. The lowest BCUT2D eigenvalue weighted by Crippen LogP contribution is -2.56. The number of benzene rings is 1. The van der Waals surface area contributed by atoms with E-state index in [1.165, 1.54) is 30.3 Å². The molecule has 1 saturated heterocycles. The number of ether oxygens (including phenoxy) is 1.